The van der Waals surface area contributed by atoms with E-state index in [1.54, 1.807) is 25.1 Å². The highest BCUT2D eigenvalue weighted by atomic mass is 16.5. The van der Waals surface area contributed by atoms with Gasteiger partial charge < -0.3 is 19.5 Å². The summed E-state index contributed by atoms with van der Waals surface area (Å²) in [5, 5.41) is 2.70. The van der Waals surface area contributed by atoms with Gasteiger partial charge in [-0.3, -0.25) is 9.59 Å². The van der Waals surface area contributed by atoms with Crippen LogP contribution in [-0.2, 0) is 14.3 Å². The van der Waals surface area contributed by atoms with E-state index in [2.05, 4.69) is 11.4 Å². The molecule has 0 aromatic heterocycles. The van der Waals surface area contributed by atoms with Crippen LogP contribution in [0, 0.1) is 5.92 Å². The second-order valence-electron chi connectivity index (χ2n) is 5.66. The molecule has 0 spiro atoms. The maximum Gasteiger partial charge on any atom is 0.307 e. The van der Waals surface area contributed by atoms with Crippen molar-refractivity contribution in [3.8, 4) is 11.5 Å². The van der Waals surface area contributed by atoms with Gasteiger partial charge in [-0.1, -0.05) is 12.2 Å². The minimum Gasteiger partial charge on any atom is -0.493 e. The number of nitrogens with one attached hydrogen (secondary N) is 1. The lowest BCUT2D eigenvalue weighted by Gasteiger charge is -2.15. The molecule has 1 N–H and O–H groups in total. The lowest BCUT2D eigenvalue weighted by Crippen LogP contribution is -2.30. The molecule has 1 aromatic rings. The number of ether oxygens (including phenoxy) is 3. The van der Waals surface area contributed by atoms with Gasteiger partial charge in [0.1, 0.15) is 0 Å². The SMILES string of the molecule is COc1ccc(NC(=O)[C@H](C)OC(=O)C[C@H]2C=CCC2)cc1OC. The van der Waals surface area contributed by atoms with Crippen molar-refractivity contribution in [2.45, 2.75) is 32.3 Å². The Hall–Kier alpha value is -2.50. The van der Waals surface area contributed by atoms with Crippen LogP contribution in [0.1, 0.15) is 26.2 Å². The molecule has 1 aliphatic rings. The van der Waals surface area contributed by atoms with E-state index in [1.165, 1.54) is 14.2 Å². The van der Waals surface area contributed by atoms with Crippen molar-refractivity contribution in [1.82, 2.24) is 0 Å². The normalized spacial score (nSPS) is 17.2. The molecule has 0 fully saturated rings. The molecule has 130 valence electrons. The molecule has 1 amide bonds. The van der Waals surface area contributed by atoms with Crippen LogP contribution in [0.25, 0.3) is 0 Å². The summed E-state index contributed by atoms with van der Waals surface area (Å²) in [6.45, 7) is 1.55. The van der Waals surface area contributed by atoms with Crippen LogP contribution in [0.3, 0.4) is 0 Å². The summed E-state index contributed by atoms with van der Waals surface area (Å²) in [5.74, 6) is 0.546. The topological polar surface area (TPSA) is 73.9 Å². The molecule has 2 atom stereocenters. The van der Waals surface area contributed by atoms with Crippen LogP contribution < -0.4 is 14.8 Å². The average Bonchev–Trinajstić information content (AvgIpc) is 3.07. The first kappa shape index (κ1) is 17.8. The Bertz CT molecular complexity index is 626. The molecule has 0 radical (unpaired) electrons. The standard InChI is InChI=1S/C18H23NO5/c1-12(24-17(20)10-13-6-4-5-7-13)18(21)19-14-8-9-15(22-2)16(11-14)23-3/h4,6,8-9,11-13H,5,7,10H2,1-3H3,(H,19,21)/t12-,13-/m0/s1. The Balaban J connectivity index is 1.88. The molecule has 0 saturated heterocycles. The van der Waals surface area contributed by atoms with E-state index in [9.17, 15) is 9.59 Å². The van der Waals surface area contributed by atoms with Gasteiger partial charge in [0.05, 0.1) is 20.6 Å². The van der Waals surface area contributed by atoms with E-state index in [0.717, 1.165) is 12.8 Å². The van der Waals surface area contributed by atoms with Gasteiger partial charge in [-0.25, -0.2) is 0 Å². The molecule has 0 unspecified atom stereocenters. The van der Waals surface area contributed by atoms with Crippen LogP contribution in [0.4, 0.5) is 5.69 Å². The summed E-state index contributed by atoms with van der Waals surface area (Å²) in [7, 11) is 3.06. The van der Waals surface area contributed by atoms with Gasteiger partial charge >= 0.3 is 5.97 Å². The van der Waals surface area contributed by atoms with Gasteiger partial charge in [0.25, 0.3) is 5.91 Å². The average molecular weight is 333 g/mol. The number of amides is 1. The first-order valence-electron chi connectivity index (χ1n) is 7.92. The number of hydrogen-bond donors (Lipinski definition) is 1. The minimum absolute atomic E-state index is 0.221. The molecule has 1 aromatic carbocycles. The van der Waals surface area contributed by atoms with Crippen LogP contribution in [-0.4, -0.2) is 32.2 Å². The fourth-order valence-electron chi connectivity index (χ4n) is 2.54. The van der Waals surface area contributed by atoms with Crippen LogP contribution >= 0.6 is 0 Å². The van der Waals surface area contributed by atoms with Crippen molar-refractivity contribution in [2.75, 3.05) is 19.5 Å². The number of benzene rings is 1. The molecule has 0 saturated carbocycles. The molecule has 0 aliphatic heterocycles. The van der Waals surface area contributed by atoms with Gasteiger partial charge in [-0.15, -0.1) is 0 Å². The quantitative estimate of drug-likeness (QED) is 0.613. The number of methoxy groups -OCH3 is 2. The van der Waals surface area contributed by atoms with Gasteiger partial charge in [0, 0.05) is 11.8 Å². The first-order valence-corrected chi connectivity index (χ1v) is 7.92. The number of allylic oxidation sites excluding steroid dienone is 2. The fourth-order valence-corrected chi connectivity index (χ4v) is 2.54. The van der Waals surface area contributed by atoms with Gasteiger partial charge in [-0.05, 0) is 37.8 Å². The number of carbonyl (C=O) groups is 2. The molecule has 6 nitrogen and oxygen atoms in total. The second kappa shape index (κ2) is 8.38. The molecule has 0 bridgehead atoms. The molecule has 0 heterocycles. The van der Waals surface area contributed by atoms with E-state index in [4.69, 9.17) is 14.2 Å². The zero-order chi connectivity index (χ0) is 17.5. The first-order chi connectivity index (χ1) is 11.5. The lowest BCUT2D eigenvalue weighted by molar-refractivity contribution is -0.153. The van der Waals surface area contributed by atoms with Gasteiger partial charge in [-0.2, -0.15) is 0 Å². The number of rotatable bonds is 7. The van der Waals surface area contributed by atoms with Crippen LogP contribution in [0.15, 0.2) is 30.4 Å². The third-order valence-electron chi connectivity index (χ3n) is 3.87. The van der Waals surface area contributed by atoms with Crippen molar-refractivity contribution < 1.29 is 23.8 Å². The predicted octanol–water partition coefficient (Wildman–Crippen LogP) is 2.93. The van der Waals surface area contributed by atoms with Gasteiger partial charge in [0.2, 0.25) is 0 Å². The van der Waals surface area contributed by atoms with E-state index < -0.39 is 12.0 Å². The zero-order valence-electron chi connectivity index (χ0n) is 14.2. The highest BCUT2D eigenvalue weighted by Crippen LogP contribution is 2.29. The van der Waals surface area contributed by atoms with Crippen LogP contribution in [0.2, 0.25) is 0 Å². The van der Waals surface area contributed by atoms with E-state index in [-0.39, 0.29) is 11.9 Å². The van der Waals surface area contributed by atoms with E-state index >= 15 is 0 Å². The van der Waals surface area contributed by atoms with E-state index in [1.807, 2.05) is 6.08 Å². The van der Waals surface area contributed by atoms with Crippen molar-refractivity contribution in [2.24, 2.45) is 5.92 Å². The Kier molecular flexibility index (Phi) is 6.23. The smallest absolute Gasteiger partial charge is 0.307 e. The molecule has 1 aliphatic carbocycles. The summed E-state index contributed by atoms with van der Waals surface area (Å²) in [4.78, 5) is 24.0. The second-order valence-corrected chi connectivity index (χ2v) is 5.66. The number of hydrogen-bond acceptors (Lipinski definition) is 5. The summed E-state index contributed by atoms with van der Waals surface area (Å²) in [5.41, 5.74) is 0.541. The molecule has 2 rings (SSSR count). The summed E-state index contributed by atoms with van der Waals surface area (Å²) >= 11 is 0. The number of anilines is 1. The maximum absolute atomic E-state index is 12.2. The highest BCUT2D eigenvalue weighted by molar-refractivity contribution is 5.95. The Morgan fingerprint density at radius 3 is 2.62 bits per heavy atom. The third-order valence-corrected chi connectivity index (χ3v) is 3.87. The fraction of sp³-hybridized carbons (Fsp3) is 0.444. The molecule has 24 heavy (non-hydrogen) atoms. The highest BCUT2D eigenvalue weighted by Gasteiger charge is 2.21. The molecular weight excluding hydrogens is 310 g/mol. The van der Waals surface area contributed by atoms with E-state index in [0.29, 0.717) is 23.6 Å². The Morgan fingerprint density at radius 2 is 2.00 bits per heavy atom. The summed E-state index contributed by atoms with van der Waals surface area (Å²) in [6, 6.07) is 5.03. The van der Waals surface area contributed by atoms with Gasteiger partial charge in [0.15, 0.2) is 17.6 Å². The Labute approximate surface area is 141 Å². The monoisotopic (exact) mass is 333 g/mol. The number of esters is 1. The largest absolute Gasteiger partial charge is 0.493 e. The zero-order valence-corrected chi connectivity index (χ0v) is 14.2. The number of carbonyl (C=O) groups excluding carboxylic acids is 2. The minimum atomic E-state index is -0.865. The van der Waals surface area contributed by atoms with Crippen molar-refractivity contribution >= 4 is 17.6 Å². The Morgan fingerprint density at radius 1 is 1.25 bits per heavy atom. The maximum atomic E-state index is 12.2. The van der Waals surface area contributed by atoms with Crippen molar-refractivity contribution in [3.63, 3.8) is 0 Å². The molecular formula is C18H23NO5. The molecule has 6 heteroatoms. The lowest BCUT2D eigenvalue weighted by atomic mass is 10.1. The van der Waals surface area contributed by atoms with Crippen LogP contribution in [0.5, 0.6) is 11.5 Å². The predicted molar refractivity (Wildman–Crippen MR) is 90.2 cm³/mol. The third kappa shape index (κ3) is 4.75. The summed E-state index contributed by atoms with van der Waals surface area (Å²) < 4.78 is 15.5. The summed E-state index contributed by atoms with van der Waals surface area (Å²) in [6.07, 6.45) is 5.48. The van der Waals surface area contributed by atoms with Crippen molar-refractivity contribution in [1.29, 1.82) is 0 Å². The van der Waals surface area contributed by atoms with Crippen molar-refractivity contribution in [3.05, 3.63) is 30.4 Å².